The molecule has 13 heavy (non-hydrogen) atoms. The highest BCUT2D eigenvalue weighted by Gasteiger charge is 2.30. The van der Waals surface area contributed by atoms with Crippen molar-refractivity contribution in [2.24, 2.45) is 4.99 Å². The van der Waals surface area contributed by atoms with E-state index in [1.54, 1.807) is 0 Å². The summed E-state index contributed by atoms with van der Waals surface area (Å²) in [5.41, 5.74) is 0. The van der Waals surface area contributed by atoms with Gasteiger partial charge in [0.15, 0.2) is 5.17 Å². The second-order valence-electron chi connectivity index (χ2n) is 4.51. The first-order chi connectivity index (χ1) is 6.17. The summed E-state index contributed by atoms with van der Waals surface area (Å²) < 4.78 is 0.340. The summed E-state index contributed by atoms with van der Waals surface area (Å²) in [4.78, 5) is 7.08. The van der Waals surface area contributed by atoms with Crippen molar-refractivity contribution in [3.05, 3.63) is 0 Å². The Morgan fingerprint density at radius 2 is 1.92 bits per heavy atom. The van der Waals surface area contributed by atoms with Crippen molar-refractivity contribution < 1.29 is 0 Å². The average molecular weight is 198 g/mol. The number of aliphatic imine (C=N–C) groups is 1. The summed E-state index contributed by atoms with van der Waals surface area (Å²) in [6.45, 7) is 7.99. The molecule has 2 nitrogen and oxygen atoms in total. The maximum atomic E-state index is 4.62. The third-order valence-electron chi connectivity index (χ3n) is 2.59. The smallest absolute Gasteiger partial charge is 0.159 e. The quantitative estimate of drug-likeness (QED) is 0.594. The van der Waals surface area contributed by atoms with E-state index in [2.05, 4.69) is 23.7 Å². The minimum absolute atomic E-state index is 0.340. The van der Waals surface area contributed by atoms with Crippen LogP contribution in [0.5, 0.6) is 0 Å². The highest BCUT2D eigenvalue weighted by molar-refractivity contribution is 8.15. The molecule has 2 aliphatic heterocycles. The Hall–Kier alpha value is -0.180. The molecule has 2 aliphatic rings. The Bertz CT molecular complexity index is 217. The molecule has 1 saturated heterocycles. The topological polar surface area (TPSA) is 15.6 Å². The van der Waals surface area contributed by atoms with Gasteiger partial charge in [0.1, 0.15) is 0 Å². The zero-order chi connectivity index (χ0) is 9.31. The molecule has 0 aromatic rings. The van der Waals surface area contributed by atoms with E-state index in [-0.39, 0.29) is 0 Å². The number of hydrogen-bond donors (Lipinski definition) is 0. The number of amidine groups is 1. The van der Waals surface area contributed by atoms with Crippen molar-refractivity contribution in [2.75, 3.05) is 19.6 Å². The van der Waals surface area contributed by atoms with Crippen LogP contribution in [0.4, 0.5) is 0 Å². The summed E-state index contributed by atoms with van der Waals surface area (Å²) in [6.07, 6.45) is 4.10. The number of nitrogens with zero attached hydrogens (tertiary/aromatic N) is 2. The van der Waals surface area contributed by atoms with Gasteiger partial charge in [-0.05, 0) is 33.1 Å². The maximum absolute atomic E-state index is 4.62. The Balaban J connectivity index is 1.94. The van der Waals surface area contributed by atoms with Gasteiger partial charge < -0.3 is 4.90 Å². The van der Waals surface area contributed by atoms with Crippen LogP contribution in [0.15, 0.2) is 4.99 Å². The van der Waals surface area contributed by atoms with Crippen molar-refractivity contribution in [3.8, 4) is 0 Å². The minimum Gasteiger partial charge on any atom is -0.351 e. The first-order valence-electron chi connectivity index (χ1n) is 5.16. The molecule has 0 bridgehead atoms. The van der Waals surface area contributed by atoms with Crippen molar-refractivity contribution in [1.82, 2.24) is 4.90 Å². The van der Waals surface area contributed by atoms with Gasteiger partial charge in [-0.1, -0.05) is 11.8 Å². The molecule has 0 radical (unpaired) electrons. The van der Waals surface area contributed by atoms with Crippen LogP contribution in [0, 0.1) is 0 Å². The highest BCUT2D eigenvalue weighted by Crippen LogP contribution is 2.33. The lowest BCUT2D eigenvalue weighted by molar-refractivity contribution is 0.348. The van der Waals surface area contributed by atoms with Gasteiger partial charge in [0.25, 0.3) is 0 Å². The molecule has 74 valence electrons. The van der Waals surface area contributed by atoms with E-state index in [0.717, 1.165) is 6.54 Å². The molecular formula is C10H18N2S. The predicted octanol–water partition coefficient (Wildman–Crippen LogP) is 2.35. The standard InChI is InChI=1S/C10H18N2S/c1-10(2)8-11-9(13-10)12-6-4-3-5-7-12/h3-8H2,1-2H3. The fraction of sp³-hybridized carbons (Fsp3) is 0.900. The highest BCUT2D eigenvalue weighted by atomic mass is 32.2. The molecule has 0 amide bonds. The molecule has 2 rings (SSSR count). The minimum atomic E-state index is 0.340. The number of likely N-dealkylation sites (tertiary alicyclic amines) is 1. The predicted molar refractivity (Wildman–Crippen MR) is 59.4 cm³/mol. The first kappa shape index (κ1) is 9.38. The number of hydrogen-bond acceptors (Lipinski definition) is 3. The fourth-order valence-electron chi connectivity index (χ4n) is 1.82. The van der Waals surface area contributed by atoms with E-state index in [4.69, 9.17) is 0 Å². The number of rotatable bonds is 0. The fourth-order valence-corrected chi connectivity index (χ4v) is 2.88. The third-order valence-corrected chi connectivity index (χ3v) is 3.84. The van der Waals surface area contributed by atoms with Gasteiger partial charge >= 0.3 is 0 Å². The van der Waals surface area contributed by atoms with Crippen molar-refractivity contribution >= 4 is 16.9 Å². The summed E-state index contributed by atoms with van der Waals surface area (Å²) in [6, 6.07) is 0. The van der Waals surface area contributed by atoms with Gasteiger partial charge in [0.05, 0.1) is 6.54 Å². The van der Waals surface area contributed by atoms with Crippen LogP contribution >= 0.6 is 11.8 Å². The average Bonchev–Trinajstić information content (AvgIpc) is 2.48. The molecule has 0 unspecified atom stereocenters. The van der Waals surface area contributed by atoms with Crippen LogP contribution < -0.4 is 0 Å². The molecule has 0 atom stereocenters. The molecule has 0 N–H and O–H groups in total. The number of piperidine rings is 1. The lowest BCUT2D eigenvalue weighted by atomic mass is 10.1. The van der Waals surface area contributed by atoms with Gasteiger partial charge in [0.2, 0.25) is 0 Å². The van der Waals surface area contributed by atoms with E-state index >= 15 is 0 Å². The molecule has 3 heteroatoms. The largest absolute Gasteiger partial charge is 0.351 e. The summed E-state index contributed by atoms with van der Waals surface area (Å²) in [5.74, 6) is 0. The van der Waals surface area contributed by atoms with Crippen LogP contribution in [0.2, 0.25) is 0 Å². The molecule has 2 heterocycles. The summed E-state index contributed by atoms with van der Waals surface area (Å²) in [5, 5.41) is 1.30. The SMILES string of the molecule is CC1(C)CN=C(N2CCCCC2)S1. The lowest BCUT2D eigenvalue weighted by Crippen LogP contribution is -2.33. The van der Waals surface area contributed by atoms with Crippen LogP contribution in [-0.4, -0.2) is 34.4 Å². The number of thioether (sulfide) groups is 1. The lowest BCUT2D eigenvalue weighted by Gasteiger charge is -2.28. The Morgan fingerprint density at radius 3 is 2.46 bits per heavy atom. The van der Waals surface area contributed by atoms with Crippen LogP contribution in [0.25, 0.3) is 0 Å². The molecule has 0 aromatic carbocycles. The maximum Gasteiger partial charge on any atom is 0.159 e. The summed E-state index contributed by atoms with van der Waals surface area (Å²) in [7, 11) is 0. The molecule has 0 spiro atoms. The van der Waals surface area contributed by atoms with E-state index in [0.29, 0.717) is 4.75 Å². The van der Waals surface area contributed by atoms with E-state index < -0.39 is 0 Å². The van der Waals surface area contributed by atoms with Gasteiger partial charge in [-0.3, -0.25) is 4.99 Å². The Kier molecular flexibility index (Phi) is 2.54. The van der Waals surface area contributed by atoms with Crippen LogP contribution in [-0.2, 0) is 0 Å². The van der Waals surface area contributed by atoms with Gasteiger partial charge in [-0.15, -0.1) is 0 Å². The van der Waals surface area contributed by atoms with Crippen LogP contribution in [0.3, 0.4) is 0 Å². The normalized spacial score (nSPS) is 27.5. The monoisotopic (exact) mass is 198 g/mol. The van der Waals surface area contributed by atoms with Crippen molar-refractivity contribution in [3.63, 3.8) is 0 Å². The van der Waals surface area contributed by atoms with Crippen molar-refractivity contribution in [1.29, 1.82) is 0 Å². The van der Waals surface area contributed by atoms with E-state index in [1.165, 1.54) is 37.5 Å². The first-order valence-corrected chi connectivity index (χ1v) is 5.97. The van der Waals surface area contributed by atoms with Crippen LogP contribution in [0.1, 0.15) is 33.1 Å². The molecular weight excluding hydrogens is 180 g/mol. The second kappa shape index (κ2) is 3.52. The third kappa shape index (κ3) is 2.19. The molecule has 0 aromatic heterocycles. The zero-order valence-electron chi connectivity index (χ0n) is 8.55. The Labute approximate surface area is 84.8 Å². The van der Waals surface area contributed by atoms with Gasteiger partial charge in [-0.25, -0.2) is 0 Å². The van der Waals surface area contributed by atoms with E-state index in [1.807, 2.05) is 11.8 Å². The molecule has 1 fully saturated rings. The second-order valence-corrected chi connectivity index (χ2v) is 6.18. The molecule has 0 saturated carbocycles. The van der Waals surface area contributed by atoms with E-state index in [9.17, 15) is 0 Å². The zero-order valence-corrected chi connectivity index (χ0v) is 9.36. The summed E-state index contributed by atoms with van der Waals surface area (Å²) >= 11 is 1.95. The Morgan fingerprint density at radius 1 is 1.23 bits per heavy atom. The van der Waals surface area contributed by atoms with Crippen molar-refractivity contribution in [2.45, 2.75) is 37.9 Å². The van der Waals surface area contributed by atoms with Gasteiger partial charge in [0, 0.05) is 17.8 Å². The van der Waals surface area contributed by atoms with Gasteiger partial charge in [-0.2, -0.15) is 0 Å². The molecule has 0 aliphatic carbocycles.